The third-order valence-corrected chi connectivity index (χ3v) is 5.05. The van der Waals surface area contributed by atoms with Gasteiger partial charge < -0.3 is 10.2 Å². The highest BCUT2D eigenvalue weighted by Crippen LogP contribution is 2.43. The van der Waals surface area contributed by atoms with Crippen molar-refractivity contribution in [3.05, 3.63) is 0 Å². The van der Waals surface area contributed by atoms with Gasteiger partial charge in [-0.3, -0.25) is 0 Å². The topological polar surface area (TPSA) is 15.3 Å². The van der Waals surface area contributed by atoms with Crippen molar-refractivity contribution in [2.75, 3.05) is 32.7 Å². The van der Waals surface area contributed by atoms with Gasteiger partial charge in [0, 0.05) is 13.1 Å². The fraction of sp³-hybridized carbons (Fsp3) is 1.00. The first-order valence-electron chi connectivity index (χ1n) is 7.29. The molecule has 1 atom stereocenters. The van der Waals surface area contributed by atoms with Gasteiger partial charge in [0.15, 0.2) is 0 Å². The van der Waals surface area contributed by atoms with Crippen molar-refractivity contribution in [2.45, 2.75) is 44.9 Å². The van der Waals surface area contributed by atoms with E-state index in [-0.39, 0.29) is 0 Å². The van der Waals surface area contributed by atoms with Crippen LogP contribution in [0.2, 0.25) is 0 Å². The van der Waals surface area contributed by atoms with Crippen molar-refractivity contribution in [1.82, 2.24) is 10.2 Å². The van der Waals surface area contributed by atoms with Crippen molar-refractivity contribution in [2.24, 2.45) is 11.3 Å². The average molecular weight is 222 g/mol. The van der Waals surface area contributed by atoms with Crippen LogP contribution in [0.3, 0.4) is 0 Å². The molecule has 0 radical (unpaired) electrons. The molecule has 0 bridgehead atoms. The predicted octanol–water partition coefficient (Wildman–Crippen LogP) is 2.25. The Hall–Kier alpha value is -0.0800. The van der Waals surface area contributed by atoms with E-state index in [1.165, 1.54) is 77.7 Å². The van der Waals surface area contributed by atoms with E-state index >= 15 is 0 Å². The summed E-state index contributed by atoms with van der Waals surface area (Å²) in [4.78, 5) is 2.71. The number of nitrogens with zero attached hydrogens (tertiary/aromatic N) is 1. The van der Waals surface area contributed by atoms with E-state index in [1.54, 1.807) is 0 Å². The summed E-state index contributed by atoms with van der Waals surface area (Å²) in [5.74, 6) is 0.975. The third-order valence-electron chi connectivity index (χ3n) is 5.05. The summed E-state index contributed by atoms with van der Waals surface area (Å²) in [5.41, 5.74) is 0.784. The van der Waals surface area contributed by atoms with E-state index in [1.807, 2.05) is 0 Å². The minimum atomic E-state index is 0.784. The van der Waals surface area contributed by atoms with Crippen LogP contribution in [0.4, 0.5) is 0 Å². The summed E-state index contributed by atoms with van der Waals surface area (Å²) < 4.78 is 0. The second-order valence-electron chi connectivity index (χ2n) is 6.42. The molecule has 2 aliphatic heterocycles. The van der Waals surface area contributed by atoms with Crippen molar-refractivity contribution in [3.63, 3.8) is 0 Å². The molecule has 1 unspecified atom stereocenters. The molecule has 1 spiro atoms. The van der Waals surface area contributed by atoms with E-state index in [0.29, 0.717) is 0 Å². The van der Waals surface area contributed by atoms with Gasteiger partial charge in [-0.1, -0.05) is 19.3 Å². The second kappa shape index (κ2) is 4.66. The van der Waals surface area contributed by atoms with Crippen molar-refractivity contribution in [1.29, 1.82) is 0 Å². The Morgan fingerprint density at radius 2 is 1.94 bits per heavy atom. The molecule has 2 nitrogen and oxygen atoms in total. The number of likely N-dealkylation sites (tertiary alicyclic amines) is 1. The van der Waals surface area contributed by atoms with Crippen LogP contribution in [0.25, 0.3) is 0 Å². The molecule has 0 aromatic heterocycles. The van der Waals surface area contributed by atoms with Crippen LogP contribution in [-0.4, -0.2) is 37.6 Å². The molecular formula is C14H26N2. The first-order chi connectivity index (χ1) is 7.86. The quantitative estimate of drug-likeness (QED) is 0.788. The summed E-state index contributed by atoms with van der Waals surface area (Å²) in [5, 5.41) is 3.47. The lowest BCUT2D eigenvalue weighted by atomic mass is 9.68. The fourth-order valence-corrected chi connectivity index (χ4v) is 4.00. The summed E-state index contributed by atoms with van der Waals surface area (Å²) in [6, 6.07) is 0. The lowest BCUT2D eigenvalue weighted by Gasteiger charge is -2.53. The number of hydrogen-bond acceptors (Lipinski definition) is 2. The van der Waals surface area contributed by atoms with Gasteiger partial charge in [-0.15, -0.1) is 0 Å². The molecule has 16 heavy (non-hydrogen) atoms. The average Bonchev–Trinajstić information content (AvgIpc) is 2.77. The molecule has 1 saturated carbocycles. The van der Waals surface area contributed by atoms with Crippen LogP contribution in [0.15, 0.2) is 0 Å². The van der Waals surface area contributed by atoms with Crippen molar-refractivity contribution < 1.29 is 0 Å². The van der Waals surface area contributed by atoms with Crippen LogP contribution < -0.4 is 5.32 Å². The minimum Gasteiger partial charge on any atom is -0.316 e. The van der Waals surface area contributed by atoms with E-state index in [4.69, 9.17) is 0 Å². The molecule has 0 amide bonds. The van der Waals surface area contributed by atoms with Crippen molar-refractivity contribution in [3.8, 4) is 0 Å². The molecule has 92 valence electrons. The van der Waals surface area contributed by atoms with Gasteiger partial charge in [-0.05, 0) is 56.7 Å². The Morgan fingerprint density at radius 1 is 1.12 bits per heavy atom. The third kappa shape index (κ3) is 2.28. The second-order valence-corrected chi connectivity index (χ2v) is 6.42. The maximum Gasteiger partial charge on any atom is 0.00505 e. The van der Waals surface area contributed by atoms with Gasteiger partial charge in [0.05, 0.1) is 0 Å². The fourth-order valence-electron chi connectivity index (χ4n) is 4.00. The van der Waals surface area contributed by atoms with Crippen LogP contribution in [0.5, 0.6) is 0 Å². The van der Waals surface area contributed by atoms with Crippen molar-refractivity contribution >= 4 is 0 Å². The summed E-state index contributed by atoms with van der Waals surface area (Å²) in [7, 11) is 0. The zero-order chi connectivity index (χ0) is 10.8. The summed E-state index contributed by atoms with van der Waals surface area (Å²) in [6.45, 7) is 6.75. The van der Waals surface area contributed by atoms with Crippen LogP contribution in [0.1, 0.15) is 44.9 Å². The molecule has 3 aliphatic rings. The minimum absolute atomic E-state index is 0.784. The molecule has 2 saturated heterocycles. The highest BCUT2D eigenvalue weighted by atomic mass is 15.2. The number of hydrogen-bond donors (Lipinski definition) is 1. The molecule has 0 aromatic carbocycles. The zero-order valence-electron chi connectivity index (χ0n) is 10.5. The number of nitrogens with one attached hydrogen (secondary N) is 1. The standard InChI is InChI=1S/C14H26N2/c1-2-6-14(7-3-1)11-16(12-14)9-5-13-4-8-15-10-13/h13,15H,1-12H2. The Kier molecular flexibility index (Phi) is 3.21. The molecule has 3 fully saturated rings. The SMILES string of the molecule is C1CCC2(CC1)CN(CCC1CCNC1)C2. The van der Waals surface area contributed by atoms with Crippen LogP contribution in [0, 0.1) is 11.3 Å². The highest BCUT2D eigenvalue weighted by Gasteiger charge is 2.42. The van der Waals surface area contributed by atoms with E-state index in [0.717, 1.165) is 11.3 Å². The molecule has 2 heterocycles. The molecule has 1 aliphatic carbocycles. The predicted molar refractivity (Wildman–Crippen MR) is 67.6 cm³/mol. The molecule has 1 N–H and O–H groups in total. The Bertz CT molecular complexity index is 219. The van der Waals surface area contributed by atoms with Gasteiger partial charge in [0.2, 0.25) is 0 Å². The van der Waals surface area contributed by atoms with Gasteiger partial charge in [0.1, 0.15) is 0 Å². The largest absolute Gasteiger partial charge is 0.316 e. The first kappa shape index (κ1) is 11.0. The molecule has 0 aromatic rings. The van der Waals surface area contributed by atoms with Gasteiger partial charge in [-0.25, -0.2) is 0 Å². The normalized spacial score (nSPS) is 34.1. The van der Waals surface area contributed by atoms with Gasteiger partial charge >= 0.3 is 0 Å². The zero-order valence-corrected chi connectivity index (χ0v) is 10.5. The smallest absolute Gasteiger partial charge is 0.00505 e. The van der Waals surface area contributed by atoms with E-state index in [2.05, 4.69) is 10.2 Å². The van der Waals surface area contributed by atoms with E-state index < -0.39 is 0 Å². The Labute approximate surface area is 99.8 Å². The highest BCUT2D eigenvalue weighted by molar-refractivity contribution is 4.96. The monoisotopic (exact) mass is 222 g/mol. The summed E-state index contributed by atoms with van der Waals surface area (Å²) in [6.07, 6.45) is 10.4. The van der Waals surface area contributed by atoms with E-state index in [9.17, 15) is 0 Å². The van der Waals surface area contributed by atoms with Gasteiger partial charge in [0.25, 0.3) is 0 Å². The molecule has 2 heteroatoms. The first-order valence-corrected chi connectivity index (χ1v) is 7.29. The Morgan fingerprint density at radius 3 is 2.62 bits per heavy atom. The lowest BCUT2D eigenvalue weighted by molar-refractivity contribution is -0.0300. The Balaban J connectivity index is 1.36. The van der Waals surface area contributed by atoms with Crippen LogP contribution >= 0.6 is 0 Å². The van der Waals surface area contributed by atoms with Gasteiger partial charge in [-0.2, -0.15) is 0 Å². The molecule has 3 rings (SSSR count). The maximum atomic E-state index is 3.47. The van der Waals surface area contributed by atoms with Crippen LogP contribution in [-0.2, 0) is 0 Å². The number of rotatable bonds is 3. The lowest BCUT2D eigenvalue weighted by Crippen LogP contribution is -2.57. The summed E-state index contributed by atoms with van der Waals surface area (Å²) >= 11 is 0. The molecular weight excluding hydrogens is 196 g/mol. The maximum absolute atomic E-state index is 3.47.